The van der Waals surface area contributed by atoms with E-state index < -0.39 is 10.8 Å². The number of carbonyl (C=O) groups is 1. The first kappa shape index (κ1) is 16.5. The molecule has 0 aliphatic heterocycles. The zero-order valence-electron chi connectivity index (χ0n) is 11.9. The fourth-order valence-corrected chi connectivity index (χ4v) is 1.96. The first-order chi connectivity index (χ1) is 10.9. The molecule has 0 spiro atoms. The molecule has 10 nitrogen and oxygen atoms in total. The van der Waals surface area contributed by atoms with Crippen LogP contribution in [0.15, 0.2) is 22.8 Å². The smallest absolute Gasteiger partial charge is 0.277 e. The molecule has 1 amide bonds. The van der Waals surface area contributed by atoms with E-state index in [1.807, 2.05) is 0 Å². The van der Waals surface area contributed by atoms with E-state index in [1.165, 1.54) is 18.2 Å². The summed E-state index contributed by atoms with van der Waals surface area (Å²) in [5.41, 5.74) is 5.75. The minimum Gasteiger partial charge on any atom is -0.382 e. The molecular weight excluding hydrogens is 328 g/mol. The molecule has 0 bridgehead atoms. The summed E-state index contributed by atoms with van der Waals surface area (Å²) in [5, 5.41) is 23.2. The minimum absolute atomic E-state index is 0.0924. The topological polar surface area (TPSA) is 149 Å². The number of nitrogens with two attached hydrogens (primary N) is 1. The molecule has 11 heteroatoms. The standard InChI is InChI=1S/C12H13ClN6O4/c1-6(16-12(20)10-11(14)18-23-17-10)5-15-9-3-2-7(19(21)22)4-8(9)13/h2-4,6,15H,5H2,1H3,(H2,14,18)(H,16,20)/t6-/m1/s1. The van der Waals surface area contributed by atoms with Crippen molar-refractivity contribution in [2.45, 2.75) is 13.0 Å². The number of halogens is 1. The van der Waals surface area contributed by atoms with Crippen molar-refractivity contribution >= 4 is 34.7 Å². The summed E-state index contributed by atoms with van der Waals surface area (Å²) in [4.78, 5) is 22.0. The normalized spacial score (nSPS) is 11.7. The molecule has 0 fully saturated rings. The Labute approximate surface area is 135 Å². The molecule has 2 aromatic rings. The molecule has 0 radical (unpaired) electrons. The van der Waals surface area contributed by atoms with Gasteiger partial charge < -0.3 is 16.4 Å². The Bertz CT molecular complexity index is 734. The van der Waals surface area contributed by atoms with Gasteiger partial charge in [0.05, 0.1) is 15.6 Å². The minimum atomic E-state index is -0.533. The highest BCUT2D eigenvalue weighted by Crippen LogP contribution is 2.26. The van der Waals surface area contributed by atoms with Crippen LogP contribution < -0.4 is 16.4 Å². The monoisotopic (exact) mass is 340 g/mol. The number of nitrogen functional groups attached to an aromatic ring is 1. The number of hydrogen-bond donors (Lipinski definition) is 3. The summed E-state index contributed by atoms with van der Waals surface area (Å²) < 4.78 is 4.35. The predicted octanol–water partition coefficient (Wildman–Crippen LogP) is 1.44. The number of non-ortho nitro benzene ring substituents is 1. The number of carbonyl (C=O) groups excluding carboxylic acids is 1. The summed E-state index contributed by atoms with van der Waals surface area (Å²) in [7, 11) is 0. The summed E-state index contributed by atoms with van der Waals surface area (Å²) in [6.07, 6.45) is 0. The number of anilines is 2. The SMILES string of the molecule is C[C@H](CNc1ccc([N+](=O)[O-])cc1Cl)NC(=O)c1nonc1N. The number of nitro groups is 1. The van der Waals surface area contributed by atoms with Crippen LogP contribution in [0.3, 0.4) is 0 Å². The van der Waals surface area contributed by atoms with E-state index >= 15 is 0 Å². The molecule has 1 aromatic heterocycles. The van der Waals surface area contributed by atoms with Crippen LogP contribution in [-0.2, 0) is 0 Å². The third-order valence-electron chi connectivity index (χ3n) is 2.87. The third kappa shape index (κ3) is 4.07. The van der Waals surface area contributed by atoms with Crippen molar-refractivity contribution in [1.82, 2.24) is 15.6 Å². The highest BCUT2D eigenvalue weighted by atomic mass is 35.5. The van der Waals surface area contributed by atoms with Crippen LogP contribution in [0.4, 0.5) is 17.2 Å². The van der Waals surface area contributed by atoms with Crippen LogP contribution in [0, 0.1) is 10.1 Å². The predicted molar refractivity (Wildman–Crippen MR) is 82.2 cm³/mol. The van der Waals surface area contributed by atoms with Gasteiger partial charge in [-0.1, -0.05) is 11.6 Å². The second kappa shape index (κ2) is 6.92. The van der Waals surface area contributed by atoms with Crippen LogP contribution >= 0.6 is 11.6 Å². The number of nitrogens with one attached hydrogen (secondary N) is 2. The third-order valence-corrected chi connectivity index (χ3v) is 3.18. The average molecular weight is 341 g/mol. The Morgan fingerprint density at radius 3 is 2.83 bits per heavy atom. The first-order valence-corrected chi connectivity index (χ1v) is 6.83. The van der Waals surface area contributed by atoms with Gasteiger partial charge in [0, 0.05) is 24.7 Å². The molecule has 2 rings (SSSR count). The van der Waals surface area contributed by atoms with Crippen molar-refractivity contribution in [2.75, 3.05) is 17.6 Å². The van der Waals surface area contributed by atoms with Crippen LogP contribution in [0.5, 0.6) is 0 Å². The van der Waals surface area contributed by atoms with Gasteiger partial charge in [-0.25, -0.2) is 4.63 Å². The zero-order chi connectivity index (χ0) is 17.0. The van der Waals surface area contributed by atoms with Crippen molar-refractivity contribution in [3.8, 4) is 0 Å². The molecule has 0 saturated heterocycles. The maximum absolute atomic E-state index is 11.9. The van der Waals surface area contributed by atoms with Gasteiger partial charge in [0.25, 0.3) is 11.6 Å². The van der Waals surface area contributed by atoms with Crippen molar-refractivity contribution in [1.29, 1.82) is 0 Å². The van der Waals surface area contributed by atoms with Gasteiger partial charge in [0.2, 0.25) is 11.5 Å². The van der Waals surface area contributed by atoms with E-state index in [2.05, 4.69) is 25.6 Å². The molecule has 1 heterocycles. The van der Waals surface area contributed by atoms with Crippen LogP contribution in [0.2, 0.25) is 5.02 Å². The van der Waals surface area contributed by atoms with Crippen molar-refractivity contribution < 1.29 is 14.3 Å². The number of hydrogen-bond acceptors (Lipinski definition) is 8. The Balaban J connectivity index is 1.92. The molecule has 0 saturated carbocycles. The molecule has 1 atom stereocenters. The Hall–Kier alpha value is -2.88. The van der Waals surface area contributed by atoms with E-state index in [1.54, 1.807) is 6.92 Å². The molecule has 122 valence electrons. The quantitative estimate of drug-likeness (QED) is 0.528. The van der Waals surface area contributed by atoms with Crippen LogP contribution in [0.1, 0.15) is 17.4 Å². The van der Waals surface area contributed by atoms with E-state index in [9.17, 15) is 14.9 Å². The van der Waals surface area contributed by atoms with Gasteiger partial charge >= 0.3 is 0 Å². The van der Waals surface area contributed by atoms with E-state index in [0.717, 1.165) is 0 Å². The van der Waals surface area contributed by atoms with Crippen molar-refractivity contribution in [3.05, 3.63) is 39.0 Å². The van der Waals surface area contributed by atoms with Gasteiger partial charge in [0.1, 0.15) is 0 Å². The van der Waals surface area contributed by atoms with Gasteiger partial charge in [-0.2, -0.15) is 0 Å². The van der Waals surface area contributed by atoms with Gasteiger partial charge in [0.15, 0.2) is 0 Å². The maximum Gasteiger partial charge on any atom is 0.277 e. The van der Waals surface area contributed by atoms with E-state index in [-0.39, 0.29) is 28.3 Å². The molecule has 0 unspecified atom stereocenters. The number of nitro benzene ring substituents is 1. The summed E-state index contributed by atoms with van der Waals surface area (Å²) in [6, 6.07) is 3.77. The summed E-state index contributed by atoms with van der Waals surface area (Å²) in [5.74, 6) is -0.617. The lowest BCUT2D eigenvalue weighted by Gasteiger charge is -2.15. The first-order valence-electron chi connectivity index (χ1n) is 6.45. The number of amides is 1. The van der Waals surface area contributed by atoms with Gasteiger partial charge in [-0.15, -0.1) is 0 Å². The van der Waals surface area contributed by atoms with Gasteiger partial charge in [-0.05, 0) is 23.3 Å². The molecular formula is C12H13ClN6O4. The molecule has 4 N–H and O–H groups in total. The average Bonchev–Trinajstić information content (AvgIpc) is 2.92. The lowest BCUT2D eigenvalue weighted by atomic mass is 10.2. The lowest BCUT2D eigenvalue weighted by molar-refractivity contribution is -0.384. The van der Waals surface area contributed by atoms with Crippen molar-refractivity contribution in [3.63, 3.8) is 0 Å². The van der Waals surface area contributed by atoms with E-state index in [4.69, 9.17) is 17.3 Å². The highest BCUT2D eigenvalue weighted by molar-refractivity contribution is 6.33. The number of benzene rings is 1. The second-order valence-electron chi connectivity index (χ2n) is 4.67. The Kier molecular flexibility index (Phi) is 4.96. The summed E-state index contributed by atoms with van der Waals surface area (Å²) >= 11 is 5.96. The van der Waals surface area contributed by atoms with Crippen LogP contribution in [0.25, 0.3) is 0 Å². The van der Waals surface area contributed by atoms with Gasteiger partial charge in [-0.3, -0.25) is 14.9 Å². The fourth-order valence-electron chi connectivity index (χ4n) is 1.72. The lowest BCUT2D eigenvalue weighted by Crippen LogP contribution is -2.37. The number of nitrogens with zero attached hydrogens (tertiary/aromatic N) is 3. The number of rotatable bonds is 6. The maximum atomic E-state index is 11.9. The summed E-state index contributed by atoms with van der Waals surface area (Å²) in [6.45, 7) is 2.07. The molecule has 23 heavy (non-hydrogen) atoms. The fraction of sp³-hybridized carbons (Fsp3) is 0.250. The molecule has 0 aliphatic carbocycles. The van der Waals surface area contributed by atoms with E-state index in [0.29, 0.717) is 12.2 Å². The Morgan fingerprint density at radius 2 is 2.26 bits per heavy atom. The Morgan fingerprint density at radius 1 is 1.52 bits per heavy atom. The van der Waals surface area contributed by atoms with Crippen molar-refractivity contribution in [2.24, 2.45) is 0 Å². The molecule has 0 aliphatic rings. The zero-order valence-corrected chi connectivity index (χ0v) is 12.7. The molecule has 1 aromatic carbocycles. The second-order valence-corrected chi connectivity index (χ2v) is 5.08. The highest BCUT2D eigenvalue weighted by Gasteiger charge is 2.18. The largest absolute Gasteiger partial charge is 0.382 e. The van der Waals surface area contributed by atoms with Crippen LogP contribution in [-0.4, -0.2) is 33.7 Å². The number of aromatic nitrogens is 2.